The maximum atomic E-state index is 5.92. The fourth-order valence-electron chi connectivity index (χ4n) is 2.04. The van der Waals surface area contributed by atoms with Gasteiger partial charge >= 0.3 is 0 Å². The highest BCUT2D eigenvalue weighted by Gasteiger charge is 2.07. The third kappa shape index (κ3) is 2.34. The maximum absolute atomic E-state index is 5.92. The number of imidazole rings is 1. The topological polar surface area (TPSA) is 41.6 Å². The molecule has 3 rings (SSSR count). The van der Waals surface area contributed by atoms with Crippen molar-refractivity contribution in [2.75, 3.05) is 0 Å². The van der Waals surface area contributed by atoms with Crippen molar-refractivity contribution >= 4 is 22.8 Å². The molecule has 1 aromatic carbocycles. The third-order valence-corrected chi connectivity index (χ3v) is 3.36. The Bertz CT molecular complexity index is 714. The minimum atomic E-state index is 0.533. The molecule has 96 valence electrons. The Morgan fingerprint density at radius 3 is 2.58 bits per heavy atom. The first-order valence-electron chi connectivity index (χ1n) is 6.25. The van der Waals surface area contributed by atoms with Crippen LogP contribution in [0.4, 0.5) is 0 Å². The van der Waals surface area contributed by atoms with Gasteiger partial charge in [0.15, 0.2) is 5.65 Å². The molecule has 2 heterocycles. The molecule has 0 bridgehead atoms. The summed E-state index contributed by atoms with van der Waals surface area (Å²) in [6.07, 6.45) is 1.61. The molecule has 2 aromatic heterocycles. The molecule has 0 aliphatic heterocycles. The van der Waals surface area contributed by atoms with Gasteiger partial charge in [-0.3, -0.25) is 0 Å². The van der Waals surface area contributed by atoms with Crippen LogP contribution in [0.15, 0.2) is 36.5 Å². The first-order chi connectivity index (χ1) is 9.13. The smallest absolute Gasteiger partial charge is 0.178 e. The molecule has 0 unspecified atom stereocenters. The molecule has 0 saturated carbocycles. The fourth-order valence-corrected chi connectivity index (χ4v) is 2.20. The van der Waals surface area contributed by atoms with Gasteiger partial charge in [-0.25, -0.2) is 9.97 Å². The van der Waals surface area contributed by atoms with Crippen LogP contribution >= 0.6 is 11.6 Å². The Morgan fingerprint density at radius 1 is 1.16 bits per heavy atom. The molecule has 4 heteroatoms. The molecule has 0 aliphatic carbocycles. The summed E-state index contributed by atoms with van der Waals surface area (Å²) in [5, 5.41) is 0.609. The average molecular weight is 272 g/mol. The van der Waals surface area contributed by atoms with Gasteiger partial charge < -0.3 is 4.98 Å². The van der Waals surface area contributed by atoms with Crippen molar-refractivity contribution in [1.29, 1.82) is 0 Å². The van der Waals surface area contributed by atoms with E-state index in [4.69, 9.17) is 11.6 Å². The number of aromatic amines is 1. The molecular formula is C15H14ClN3. The molecule has 0 saturated heterocycles. The van der Waals surface area contributed by atoms with Gasteiger partial charge in [0.05, 0.1) is 10.5 Å². The SMILES string of the molecule is CC(C)c1ccc(-c2nc3ncc(Cl)cc3[nH]2)cc1. The zero-order valence-electron chi connectivity index (χ0n) is 10.8. The first-order valence-corrected chi connectivity index (χ1v) is 6.63. The van der Waals surface area contributed by atoms with Crippen LogP contribution in [0.2, 0.25) is 5.02 Å². The number of benzene rings is 1. The Hall–Kier alpha value is -1.87. The summed E-state index contributed by atoms with van der Waals surface area (Å²) in [6, 6.07) is 10.3. The number of aromatic nitrogens is 3. The number of hydrogen-bond donors (Lipinski definition) is 1. The Morgan fingerprint density at radius 2 is 1.89 bits per heavy atom. The van der Waals surface area contributed by atoms with Crippen molar-refractivity contribution in [2.24, 2.45) is 0 Å². The lowest BCUT2D eigenvalue weighted by atomic mass is 10.0. The van der Waals surface area contributed by atoms with E-state index < -0.39 is 0 Å². The van der Waals surface area contributed by atoms with Crippen LogP contribution in [0.3, 0.4) is 0 Å². The predicted octanol–water partition coefficient (Wildman–Crippen LogP) is 4.40. The van der Waals surface area contributed by atoms with E-state index in [0.717, 1.165) is 16.9 Å². The van der Waals surface area contributed by atoms with Gasteiger partial charge in [0, 0.05) is 11.8 Å². The van der Waals surface area contributed by atoms with Crippen LogP contribution in [0.5, 0.6) is 0 Å². The highest BCUT2D eigenvalue weighted by molar-refractivity contribution is 6.31. The van der Waals surface area contributed by atoms with Crippen LogP contribution < -0.4 is 0 Å². The molecule has 1 N–H and O–H groups in total. The molecule has 0 spiro atoms. The highest BCUT2D eigenvalue weighted by atomic mass is 35.5. The first kappa shape index (κ1) is 12.2. The number of nitrogens with zero attached hydrogens (tertiary/aromatic N) is 2. The van der Waals surface area contributed by atoms with Crippen molar-refractivity contribution in [3.05, 3.63) is 47.1 Å². The lowest BCUT2D eigenvalue weighted by Crippen LogP contribution is -1.87. The van der Waals surface area contributed by atoms with Gasteiger partial charge in [-0.2, -0.15) is 0 Å². The summed E-state index contributed by atoms with van der Waals surface area (Å²) in [6.45, 7) is 4.37. The van der Waals surface area contributed by atoms with Crippen molar-refractivity contribution in [3.8, 4) is 11.4 Å². The lowest BCUT2D eigenvalue weighted by molar-refractivity contribution is 0.867. The van der Waals surface area contributed by atoms with Crippen molar-refractivity contribution < 1.29 is 0 Å². The molecular weight excluding hydrogens is 258 g/mol. The van der Waals surface area contributed by atoms with Gasteiger partial charge in [0.2, 0.25) is 0 Å². The summed E-state index contributed by atoms with van der Waals surface area (Å²) < 4.78 is 0. The summed E-state index contributed by atoms with van der Waals surface area (Å²) in [7, 11) is 0. The number of halogens is 1. The van der Waals surface area contributed by atoms with E-state index in [-0.39, 0.29) is 0 Å². The Kier molecular flexibility index (Phi) is 2.99. The second-order valence-electron chi connectivity index (χ2n) is 4.89. The van der Waals surface area contributed by atoms with Crippen molar-refractivity contribution in [1.82, 2.24) is 15.0 Å². The quantitative estimate of drug-likeness (QED) is 0.750. The van der Waals surface area contributed by atoms with Crippen molar-refractivity contribution in [2.45, 2.75) is 19.8 Å². The molecule has 0 atom stereocenters. The molecule has 3 aromatic rings. The minimum Gasteiger partial charge on any atom is -0.337 e. The van der Waals surface area contributed by atoms with Gasteiger partial charge in [-0.1, -0.05) is 49.7 Å². The predicted molar refractivity (Wildman–Crippen MR) is 78.4 cm³/mol. The van der Waals surface area contributed by atoms with E-state index in [1.807, 2.05) is 6.07 Å². The number of nitrogens with one attached hydrogen (secondary N) is 1. The van der Waals surface area contributed by atoms with Gasteiger partial charge in [-0.05, 0) is 17.5 Å². The zero-order valence-corrected chi connectivity index (χ0v) is 11.6. The van der Waals surface area contributed by atoms with Crippen LogP contribution in [-0.2, 0) is 0 Å². The molecule has 0 fully saturated rings. The molecule has 0 radical (unpaired) electrons. The van der Waals surface area contributed by atoms with Gasteiger partial charge in [0.1, 0.15) is 5.82 Å². The van der Waals surface area contributed by atoms with E-state index in [9.17, 15) is 0 Å². The molecule has 0 amide bonds. The number of pyridine rings is 1. The minimum absolute atomic E-state index is 0.533. The number of hydrogen-bond acceptors (Lipinski definition) is 2. The second-order valence-corrected chi connectivity index (χ2v) is 5.32. The summed E-state index contributed by atoms with van der Waals surface area (Å²) in [5.41, 5.74) is 3.92. The van der Waals surface area contributed by atoms with E-state index in [1.165, 1.54) is 5.56 Å². The van der Waals surface area contributed by atoms with E-state index >= 15 is 0 Å². The fraction of sp³-hybridized carbons (Fsp3) is 0.200. The van der Waals surface area contributed by atoms with Crippen LogP contribution in [0, 0.1) is 0 Å². The summed E-state index contributed by atoms with van der Waals surface area (Å²) in [5.74, 6) is 1.35. The largest absolute Gasteiger partial charge is 0.337 e. The highest BCUT2D eigenvalue weighted by Crippen LogP contribution is 2.23. The van der Waals surface area contributed by atoms with E-state index in [1.54, 1.807) is 6.20 Å². The Balaban J connectivity index is 2.03. The second kappa shape index (κ2) is 4.67. The maximum Gasteiger partial charge on any atom is 0.178 e. The van der Waals surface area contributed by atoms with Gasteiger partial charge in [0.25, 0.3) is 0 Å². The molecule has 3 nitrogen and oxygen atoms in total. The number of fused-ring (bicyclic) bond motifs is 1. The van der Waals surface area contributed by atoms with Crippen LogP contribution in [0.25, 0.3) is 22.6 Å². The monoisotopic (exact) mass is 271 g/mol. The van der Waals surface area contributed by atoms with Crippen molar-refractivity contribution in [3.63, 3.8) is 0 Å². The molecule has 19 heavy (non-hydrogen) atoms. The standard InChI is InChI=1S/C15H14ClN3/c1-9(2)10-3-5-11(6-4-10)14-18-13-7-12(16)8-17-15(13)19-14/h3-9H,1-2H3,(H,17,18,19). The average Bonchev–Trinajstić information content (AvgIpc) is 2.81. The normalized spacial score (nSPS) is 11.4. The number of H-pyrrole nitrogens is 1. The van der Waals surface area contributed by atoms with E-state index in [0.29, 0.717) is 16.6 Å². The van der Waals surface area contributed by atoms with Crippen LogP contribution in [-0.4, -0.2) is 15.0 Å². The summed E-state index contributed by atoms with van der Waals surface area (Å²) in [4.78, 5) is 11.9. The van der Waals surface area contributed by atoms with E-state index in [2.05, 4.69) is 53.1 Å². The van der Waals surface area contributed by atoms with Gasteiger partial charge in [-0.15, -0.1) is 0 Å². The third-order valence-electron chi connectivity index (χ3n) is 3.15. The molecule has 0 aliphatic rings. The zero-order chi connectivity index (χ0) is 13.4. The Labute approximate surface area is 116 Å². The number of rotatable bonds is 2. The van der Waals surface area contributed by atoms with Crippen LogP contribution in [0.1, 0.15) is 25.3 Å². The summed E-state index contributed by atoms with van der Waals surface area (Å²) >= 11 is 5.92. The lowest BCUT2D eigenvalue weighted by Gasteiger charge is -2.05.